The molecule has 4 rings (SSSR count). The number of para-hydroxylation sites is 2. The number of carbonyl (C=O) groups excluding carboxylic acids is 2. The molecule has 2 amide bonds. The number of rotatable bonds is 8. The van der Waals surface area contributed by atoms with E-state index in [1.165, 1.54) is 4.90 Å². The SMILES string of the molecule is Cl.O=C(CN1C(=O)COc2ccccc21)N(CCCN1CCOCC1)Cc1ccccc1Cl. The summed E-state index contributed by atoms with van der Waals surface area (Å²) >= 11 is 6.37. The van der Waals surface area contributed by atoms with Gasteiger partial charge in [-0.2, -0.15) is 0 Å². The lowest BCUT2D eigenvalue weighted by Crippen LogP contribution is -2.47. The van der Waals surface area contributed by atoms with Gasteiger partial charge in [-0.25, -0.2) is 0 Å². The number of morpholine rings is 1. The topological polar surface area (TPSA) is 62.3 Å². The monoisotopic (exact) mass is 493 g/mol. The second-order valence-corrected chi connectivity index (χ2v) is 8.36. The first-order valence-corrected chi connectivity index (χ1v) is 11.3. The predicted octanol–water partition coefficient (Wildman–Crippen LogP) is 3.24. The van der Waals surface area contributed by atoms with Gasteiger partial charge in [-0.15, -0.1) is 12.4 Å². The molecule has 0 radical (unpaired) electrons. The Bertz CT molecular complexity index is 953. The van der Waals surface area contributed by atoms with Gasteiger partial charge in [-0.05, 0) is 30.2 Å². The van der Waals surface area contributed by atoms with Crippen LogP contribution in [-0.4, -0.2) is 74.2 Å². The Morgan fingerprint density at radius 3 is 2.58 bits per heavy atom. The van der Waals surface area contributed by atoms with E-state index in [0.29, 0.717) is 29.5 Å². The second-order valence-electron chi connectivity index (χ2n) is 7.95. The number of hydrogen-bond donors (Lipinski definition) is 0. The lowest BCUT2D eigenvalue weighted by molar-refractivity contribution is -0.132. The smallest absolute Gasteiger partial charge is 0.265 e. The molecule has 1 saturated heterocycles. The van der Waals surface area contributed by atoms with Crippen LogP contribution in [0.25, 0.3) is 0 Å². The van der Waals surface area contributed by atoms with E-state index in [-0.39, 0.29) is 37.4 Å². The Balaban J connectivity index is 0.00000306. The van der Waals surface area contributed by atoms with Crippen LogP contribution in [0.15, 0.2) is 48.5 Å². The summed E-state index contributed by atoms with van der Waals surface area (Å²) < 4.78 is 10.9. The van der Waals surface area contributed by atoms with Crippen LogP contribution < -0.4 is 9.64 Å². The van der Waals surface area contributed by atoms with Gasteiger partial charge in [0, 0.05) is 37.7 Å². The average molecular weight is 494 g/mol. The third-order valence-electron chi connectivity index (χ3n) is 5.78. The van der Waals surface area contributed by atoms with Crippen LogP contribution in [0.2, 0.25) is 5.02 Å². The zero-order valence-corrected chi connectivity index (χ0v) is 20.0. The molecule has 2 heterocycles. The fraction of sp³-hybridized carbons (Fsp3) is 0.417. The van der Waals surface area contributed by atoms with Crippen LogP contribution in [0.5, 0.6) is 5.75 Å². The highest BCUT2D eigenvalue weighted by Crippen LogP contribution is 2.31. The van der Waals surface area contributed by atoms with E-state index in [1.807, 2.05) is 42.5 Å². The van der Waals surface area contributed by atoms with Gasteiger partial charge in [-0.1, -0.05) is 41.9 Å². The molecule has 7 nitrogen and oxygen atoms in total. The minimum Gasteiger partial charge on any atom is -0.482 e. The Kier molecular flexibility index (Phi) is 9.38. The summed E-state index contributed by atoms with van der Waals surface area (Å²) in [6.45, 7) is 5.13. The molecule has 0 saturated carbocycles. The highest BCUT2D eigenvalue weighted by Gasteiger charge is 2.29. The van der Waals surface area contributed by atoms with E-state index in [9.17, 15) is 9.59 Å². The fourth-order valence-electron chi connectivity index (χ4n) is 4.00. The molecule has 2 aliphatic rings. The van der Waals surface area contributed by atoms with Gasteiger partial charge in [0.1, 0.15) is 12.3 Å². The van der Waals surface area contributed by atoms with Gasteiger partial charge in [0.05, 0.1) is 18.9 Å². The molecule has 0 atom stereocenters. The largest absolute Gasteiger partial charge is 0.482 e. The number of ether oxygens (including phenoxy) is 2. The normalized spacial score (nSPS) is 15.9. The Morgan fingerprint density at radius 2 is 1.79 bits per heavy atom. The van der Waals surface area contributed by atoms with Crippen LogP contribution in [-0.2, 0) is 20.9 Å². The molecule has 0 aromatic heterocycles. The molecular weight excluding hydrogens is 465 g/mol. The number of halogens is 2. The van der Waals surface area contributed by atoms with Crippen LogP contribution in [0.1, 0.15) is 12.0 Å². The molecular formula is C24H29Cl2N3O4. The lowest BCUT2D eigenvalue weighted by Gasteiger charge is -2.32. The fourth-order valence-corrected chi connectivity index (χ4v) is 4.19. The molecule has 178 valence electrons. The summed E-state index contributed by atoms with van der Waals surface area (Å²) in [4.78, 5) is 31.6. The van der Waals surface area contributed by atoms with Crippen molar-refractivity contribution in [3.05, 3.63) is 59.1 Å². The average Bonchev–Trinajstić information content (AvgIpc) is 2.82. The number of amides is 2. The van der Waals surface area contributed by atoms with Gasteiger partial charge in [0.25, 0.3) is 5.91 Å². The zero-order chi connectivity index (χ0) is 22.3. The van der Waals surface area contributed by atoms with Gasteiger partial charge in [-0.3, -0.25) is 19.4 Å². The molecule has 0 N–H and O–H groups in total. The van der Waals surface area contributed by atoms with Crippen molar-refractivity contribution in [3.8, 4) is 5.75 Å². The zero-order valence-electron chi connectivity index (χ0n) is 18.5. The van der Waals surface area contributed by atoms with E-state index < -0.39 is 0 Å². The van der Waals surface area contributed by atoms with Crippen molar-refractivity contribution in [2.24, 2.45) is 0 Å². The summed E-state index contributed by atoms with van der Waals surface area (Å²) in [6, 6.07) is 14.8. The van der Waals surface area contributed by atoms with E-state index in [2.05, 4.69) is 4.90 Å². The highest BCUT2D eigenvalue weighted by molar-refractivity contribution is 6.31. The van der Waals surface area contributed by atoms with E-state index in [1.54, 1.807) is 11.0 Å². The highest BCUT2D eigenvalue weighted by atomic mass is 35.5. The van der Waals surface area contributed by atoms with Crippen molar-refractivity contribution >= 4 is 41.5 Å². The molecule has 0 unspecified atom stereocenters. The van der Waals surface area contributed by atoms with Crippen molar-refractivity contribution in [3.63, 3.8) is 0 Å². The first kappa shape index (κ1) is 25.3. The van der Waals surface area contributed by atoms with Gasteiger partial charge >= 0.3 is 0 Å². The maximum Gasteiger partial charge on any atom is 0.265 e. The summed E-state index contributed by atoms with van der Waals surface area (Å²) in [6.07, 6.45) is 0.837. The molecule has 2 aromatic carbocycles. The number of nitrogens with zero attached hydrogens (tertiary/aromatic N) is 3. The third kappa shape index (κ3) is 6.60. The number of anilines is 1. The first-order chi connectivity index (χ1) is 15.6. The molecule has 1 fully saturated rings. The van der Waals surface area contributed by atoms with E-state index >= 15 is 0 Å². The van der Waals surface area contributed by atoms with Crippen LogP contribution >= 0.6 is 24.0 Å². The van der Waals surface area contributed by atoms with Crippen LogP contribution in [0, 0.1) is 0 Å². The molecule has 9 heteroatoms. The molecule has 0 aliphatic carbocycles. The molecule has 2 aromatic rings. The quantitative estimate of drug-likeness (QED) is 0.564. The molecule has 0 spiro atoms. The van der Waals surface area contributed by atoms with Crippen LogP contribution in [0.4, 0.5) is 5.69 Å². The number of carbonyl (C=O) groups is 2. The maximum absolute atomic E-state index is 13.4. The molecule has 0 bridgehead atoms. The first-order valence-electron chi connectivity index (χ1n) is 11.0. The standard InChI is InChI=1S/C24H28ClN3O4.ClH/c25-20-7-2-1-6-19(20)16-27(11-5-10-26-12-14-31-15-13-26)23(29)17-28-21-8-3-4-9-22(21)32-18-24(28)30;/h1-4,6-9H,5,10-18H2;1H. The summed E-state index contributed by atoms with van der Waals surface area (Å²) in [5, 5.41) is 0.631. The van der Waals surface area contributed by atoms with Gasteiger partial charge < -0.3 is 14.4 Å². The Morgan fingerprint density at radius 1 is 1.06 bits per heavy atom. The Labute approximate surface area is 205 Å². The number of hydrogen-bond acceptors (Lipinski definition) is 5. The lowest BCUT2D eigenvalue weighted by atomic mass is 10.2. The van der Waals surface area contributed by atoms with E-state index in [0.717, 1.165) is 44.8 Å². The van der Waals surface area contributed by atoms with Crippen molar-refractivity contribution in [2.75, 3.05) is 57.4 Å². The molecule has 2 aliphatic heterocycles. The predicted molar refractivity (Wildman–Crippen MR) is 130 cm³/mol. The summed E-state index contributed by atoms with van der Waals surface area (Å²) in [5.74, 6) is 0.282. The second kappa shape index (κ2) is 12.2. The summed E-state index contributed by atoms with van der Waals surface area (Å²) in [7, 11) is 0. The summed E-state index contributed by atoms with van der Waals surface area (Å²) in [5.41, 5.74) is 1.52. The maximum atomic E-state index is 13.4. The third-order valence-corrected chi connectivity index (χ3v) is 6.15. The minimum atomic E-state index is -0.219. The van der Waals surface area contributed by atoms with Crippen molar-refractivity contribution in [1.82, 2.24) is 9.80 Å². The van der Waals surface area contributed by atoms with E-state index in [4.69, 9.17) is 21.1 Å². The van der Waals surface area contributed by atoms with Gasteiger partial charge in [0.15, 0.2) is 6.61 Å². The minimum absolute atomic E-state index is 0. The van der Waals surface area contributed by atoms with Crippen molar-refractivity contribution < 1.29 is 19.1 Å². The number of fused-ring (bicyclic) bond motifs is 1. The molecule has 33 heavy (non-hydrogen) atoms. The van der Waals surface area contributed by atoms with Crippen LogP contribution in [0.3, 0.4) is 0 Å². The Hall–Kier alpha value is -2.32. The number of benzene rings is 2. The van der Waals surface area contributed by atoms with Crippen molar-refractivity contribution in [1.29, 1.82) is 0 Å². The van der Waals surface area contributed by atoms with Gasteiger partial charge in [0.2, 0.25) is 5.91 Å². The van der Waals surface area contributed by atoms with Crippen molar-refractivity contribution in [2.45, 2.75) is 13.0 Å².